The van der Waals surface area contributed by atoms with Crippen molar-refractivity contribution in [2.24, 2.45) is 0 Å². The number of nitrogens with zero attached hydrogens (tertiary/aromatic N) is 4. The summed E-state index contributed by atoms with van der Waals surface area (Å²) in [7, 11) is 0. The normalized spacial score (nSPS) is 10.3. The molecule has 0 saturated heterocycles. The second-order valence-electron chi connectivity index (χ2n) is 3.90. The van der Waals surface area contributed by atoms with Crippen LogP contribution in [0.15, 0.2) is 66.1 Å². The average Bonchev–Trinajstić information content (AvgIpc) is 2.49. The van der Waals surface area contributed by atoms with Gasteiger partial charge in [-0.05, 0) is 24.3 Å². The third kappa shape index (κ3) is 2.26. The summed E-state index contributed by atoms with van der Waals surface area (Å²) < 4.78 is 1.55. The third-order valence-electron chi connectivity index (χ3n) is 2.68. The molecule has 0 saturated carbocycles. The van der Waals surface area contributed by atoms with Gasteiger partial charge in [0.2, 0.25) is 0 Å². The average molecular weight is 250 g/mol. The third-order valence-corrected chi connectivity index (χ3v) is 2.68. The molecule has 0 N–H and O–H groups in total. The van der Waals surface area contributed by atoms with Crippen LogP contribution in [0.5, 0.6) is 0 Å². The molecule has 5 nitrogen and oxygen atoms in total. The van der Waals surface area contributed by atoms with Crippen molar-refractivity contribution in [2.75, 3.05) is 0 Å². The Hall–Kier alpha value is -2.82. The Kier molecular flexibility index (Phi) is 2.86. The molecule has 19 heavy (non-hydrogen) atoms. The Morgan fingerprint density at radius 1 is 0.895 bits per heavy atom. The van der Waals surface area contributed by atoms with Crippen LogP contribution < -0.4 is 5.56 Å². The molecule has 0 unspecified atom stereocenters. The number of pyridine rings is 2. The number of hydrogen-bond donors (Lipinski definition) is 0. The first-order chi connectivity index (χ1) is 9.34. The van der Waals surface area contributed by atoms with Crippen molar-refractivity contribution in [3.8, 4) is 17.1 Å². The predicted octanol–water partition coefficient (Wildman–Crippen LogP) is 1.69. The topological polar surface area (TPSA) is 60.7 Å². The van der Waals surface area contributed by atoms with Crippen LogP contribution in [0.4, 0.5) is 0 Å². The lowest BCUT2D eigenvalue weighted by atomic mass is 10.2. The molecule has 0 amide bonds. The van der Waals surface area contributed by atoms with Crippen molar-refractivity contribution in [1.29, 1.82) is 0 Å². The van der Waals surface area contributed by atoms with Crippen LogP contribution in [0.25, 0.3) is 17.1 Å². The van der Waals surface area contributed by atoms with Crippen molar-refractivity contribution in [3.63, 3.8) is 0 Å². The largest absolute Gasteiger partial charge is 0.283 e. The zero-order valence-corrected chi connectivity index (χ0v) is 9.97. The molecule has 5 heteroatoms. The van der Waals surface area contributed by atoms with Gasteiger partial charge < -0.3 is 0 Å². The van der Waals surface area contributed by atoms with Crippen molar-refractivity contribution >= 4 is 0 Å². The smallest absolute Gasteiger partial charge is 0.255 e. The summed E-state index contributed by atoms with van der Waals surface area (Å²) in [5, 5.41) is 0. The monoisotopic (exact) mass is 250 g/mol. The molecule has 0 atom stereocenters. The quantitative estimate of drug-likeness (QED) is 0.694. The summed E-state index contributed by atoms with van der Waals surface area (Å²) in [5.74, 6) is 0.588. The molecular formula is C14H10N4O. The maximum Gasteiger partial charge on any atom is 0.255 e. The first-order valence-corrected chi connectivity index (χ1v) is 5.75. The summed E-state index contributed by atoms with van der Waals surface area (Å²) in [4.78, 5) is 24.2. The van der Waals surface area contributed by atoms with E-state index < -0.39 is 0 Å². The summed E-state index contributed by atoms with van der Waals surface area (Å²) in [6.07, 6.45) is 8.36. The minimum absolute atomic E-state index is 0.106. The number of hydrogen-bond acceptors (Lipinski definition) is 4. The van der Waals surface area contributed by atoms with Crippen LogP contribution >= 0.6 is 0 Å². The molecule has 0 spiro atoms. The van der Waals surface area contributed by atoms with Crippen molar-refractivity contribution < 1.29 is 0 Å². The number of rotatable bonds is 2. The first kappa shape index (κ1) is 11.3. The van der Waals surface area contributed by atoms with Crippen LogP contribution in [-0.2, 0) is 0 Å². The molecule has 0 aliphatic heterocycles. The highest BCUT2D eigenvalue weighted by molar-refractivity contribution is 5.53. The van der Waals surface area contributed by atoms with Crippen LogP contribution in [0, 0.1) is 0 Å². The van der Waals surface area contributed by atoms with Gasteiger partial charge in [0, 0.05) is 42.6 Å². The standard InChI is InChI=1S/C14H10N4O/c19-13-3-2-11(14-16-6-1-7-17-14)10-18(13)12-4-8-15-9-5-12/h1-10H. The van der Waals surface area contributed by atoms with Crippen molar-refractivity contribution in [3.05, 3.63) is 71.7 Å². The molecule has 0 aliphatic rings. The molecule has 3 aromatic heterocycles. The fourth-order valence-electron chi connectivity index (χ4n) is 1.77. The summed E-state index contributed by atoms with van der Waals surface area (Å²) >= 11 is 0. The Balaban J connectivity index is 2.15. The van der Waals surface area contributed by atoms with Gasteiger partial charge in [-0.15, -0.1) is 0 Å². The Morgan fingerprint density at radius 2 is 1.63 bits per heavy atom. The van der Waals surface area contributed by atoms with E-state index in [1.807, 2.05) is 0 Å². The van der Waals surface area contributed by atoms with Crippen LogP contribution in [0.2, 0.25) is 0 Å². The fraction of sp³-hybridized carbons (Fsp3) is 0. The lowest BCUT2D eigenvalue weighted by Gasteiger charge is -2.07. The maximum absolute atomic E-state index is 11.9. The van der Waals surface area contributed by atoms with Gasteiger partial charge in [-0.3, -0.25) is 14.3 Å². The second-order valence-corrected chi connectivity index (χ2v) is 3.90. The molecule has 0 aliphatic carbocycles. The maximum atomic E-state index is 11.9. The molecule has 0 aromatic carbocycles. The second kappa shape index (κ2) is 4.81. The van der Waals surface area contributed by atoms with E-state index in [2.05, 4.69) is 15.0 Å². The molecule has 3 aromatic rings. The Bertz CT molecular complexity index is 738. The van der Waals surface area contributed by atoms with Crippen LogP contribution in [0.3, 0.4) is 0 Å². The predicted molar refractivity (Wildman–Crippen MR) is 70.9 cm³/mol. The van der Waals surface area contributed by atoms with Gasteiger partial charge in [-0.1, -0.05) is 0 Å². The van der Waals surface area contributed by atoms with Crippen molar-refractivity contribution in [1.82, 2.24) is 19.5 Å². The van der Waals surface area contributed by atoms with Crippen LogP contribution in [0.1, 0.15) is 0 Å². The molecule has 0 fully saturated rings. The van der Waals surface area contributed by atoms with E-state index in [-0.39, 0.29) is 5.56 Å². The lowest BCUT2D eigenvalue weighted by molar-refractivity contribution is 0.981. The van der Waals surface area contributed by atoms with Gasteiger partial charge in [0.05, 0.1) is 5.69 Å². The molecule has 3 heterocycles. The van der Waals surface area contributed by atoms with E-state index in [1.165, 1.54) is 6.07 Å². The number of aromatic nitrogens is 4. The minimum atomic E-state index is -0.106. The minimum Gasteiger partial charge on any atom is -0.283 e. The van der Waals surface area contributed by atoms with Gasteiger partial charge in [-0.25, -0.2) is 9.97 Å². The van der Waals surface area contributed by atoms with E-state index in [1.54, 1.807) is 59.8 Å². The highest BCUT2D eigenvalue weighted by atomic mass is 16.1. The van der Waals surface area contributed by atoms with E-state index in [4.69, 9.17) is 0 Å². The highest BCUT2D eigenvalue weighted by Crippen LogP contribution is 2.13. The van der Waals surface area contributed by atoms with Gasteiger partial charge in [0.1, 0.15) is 0 Å². The van der Waals surface area contributed by atoms with Gasteiger partial charge in [-0.2, -0.15) is 0 Å². The molecule has 0 radical (unpaired) electrons. The molecule has 0 bridgehead atoms. The van der Waals surface area contributed by atoms with Crippen molar-refractivity contribution in [2.45, 2.75) is 0 Å². The molecule has 92 valence electrons. The highest BCUT2D eigenvalue weighted by Gasteiger charge is 2.04. The molecule has 3 rings (SSSR count). The van der Waals surface area contributed by atoms with E-state index in [0.717, 1.165) is 11.3 Å². The summed E-state index contributed by atoms with van der Waals surface area (Å²) in [6, 6.07) is 8.53. The molecular weight excluding hydrogens is 240 g/mol. The van der Waals surface area contributed by atoms with Gasteiger partial charge in [0.15, 0.2) is 5.82 Å². The first-order valence-electron chi connectivity index (χ1n) is 5.75. The SMILES string of the molecule is O=c1ccc(-c2ncccn2)cn1-c1ccncc1. The fourth-order valence-corrected chi connectivity index (χ4v) is 1.77. The Morgan fingerprint density at radius 3 is 2.37 bits per heavy atom. The van der Waals surface area contributed by atoms with E-state index in [0.29, 0.717) is 5.82 Å². The zero-order valence-electron chi connectivity index (χ0n) is 9.97. The summed E-state index contributed by atoms with van der Waals surface area (Å²) in [6.45, 7) is 0. The zero-order chi connectivity index (χ0) is 13.1. The summed E-state index contributed by atoms with van der Waals surface area (Å²) in [5.41, 5.74) is 1.45. The van der Waals surface area contributed by atoms with Crippen LogP contribution in [-0.4, -0.2) is 19.5 Å². The van der Waals surface area contributed by atoms with E-state index >= 15 is 0 Å². The Labute approximate surface area is 109 Å². The van der Waals surface area contributed by atoms with Gasteiger partial charge >= 0.3 is 0 Å². The van der Waals surface area contributed by atoms with E-state index in [9.17, 15) is 4.79 Å². The lowest BCUT2D eigenvalue weighted by Crippen LogP contribution is -2.16. The van der Waals surface area contributed by atoms with Gasteiger partial charge in [0.25, 0.3) is 5.56 Å².